The highest BCUT2D eigenvalue weighted by Gasteiger charge is 1.88. The van der Waals surface area contributed by atoms with Gasteiger partial charge in [-0.15, -0.1) is 0 Å². The third-order valence-corrected chi connectivity index (χ3v) is 1.26. The summed E-state index contributed by atoms with van der Waals surface area (Å²) in [6, 6.07) is 0. The molecule has 0 aromatic rings. The van der Waals surface area contributed by atoms with Crippen LogP contribution in [0.3, 0.4) is 0 Å². The summed E-state index contributed by atoms with van der Waals surface area (Å²) in [7, 11) is 0. The highest BCUT2D eigenvalue weighted by molar-refractivity contribution is 7.93. The van der Waals surface area contributed by atoms with Crippen LogP contribution >= 0.6 is 12.0 Å². The van der Waals surface area contributed by atoms with Gasteiger partial charge in [0.25, 0.3) is 0 Å². The highest BCUT2D eigenvalue weighted by Crippen LogP contribution is 1.91. The molecule has 9 heavy (non-hydrogen) atoms. The summed E-state index contributed by atoms with van der Waals surface area (Å²) in [6.07, 6.45) is 0.820. The highest BCUT2D eigenvalue weighted by atomic mass is 32.2. The lowest BCUT2D eigenvalue weighted by Crippen LogP contribution is -2.21. The fraction of sp³-hybridized carbons (Fsp3) is 0.800. The van der Waals surface area contributed by atoms with Crippen molar-refractivity contribution in [2.24, 2.45) is 0 Å². The summed E-state index contributed by atoms with van der Waals surface area (Å²) >= 11 is 0.802. The maximum Gasteiger partial charge on any atom is 0.216 e. The predicted molar refractivity (Wildman–Crippen MR) is 38.4 cm³/mol. The van der Waals surface area contributed by atoms with Crippen molar-refractivity contribution in [3.63, 3.8) is 0 Å². The van der Waals surface area contributed by atoms with Crippen LogP contribution in [-0.4, -0.2) is 22.8 Å². The van der Waals surface area contributed by atoms with E-state index in [9.17, 15) is 4.79 Å². The zero-order valence-electron chi connectivity index (χ0n) is 5.39. The first kappa shape index (κ1) is 8.78. The van der Waals surface area contributed by atoms with Crippen LogP contribution in [-0.2, 0) is 4.79 Å². The molecule has 0 bridgehead atoms. The van der Waals surface area contributed by atoms with Crippen LogP contribution < -0.4 is 5.32 Å². The number of hydrogen-bond acceptors (Lipinski definition) is 3. The second kappa shape index (κ2) is 5.91. The molecular formula is C5H11NO2S. The maximum atomic E-state index is 10.2. The van der Waals surface area contributed by atoms with Gasteiger partial charge in [-0.1, -0.05) is 0 Å². The van der Waals surface area contributed by atoms with E-state index >= 15 is 0 Å². The first-order valence-electron chi connectivity index (χ1n) is 2.78. The van der Waals surface area contributed by atoms with E-state index in [0.29, 0.717) is 12.3 Å². The monoisotopic (exact) mass is 149 g/mol. The Morgan fingerprint density at radius 3 is 2.89 bits per heavy atom. The molecular weight excluding hydrogens is 138 g/mol. The number of hydrogen-bond donors (Lipinski definition) is 2. The van der Waals surface area contributed by atoms with Crippen LogP contribution in [0.5, 0.6) is 0 Å². The van der Waals surface area contributed by atoms with Gasteiger partial charge in [-0.05, 0) is 18.5 Å². The number of nitrogens with one attached hydrogen (secondary N) is 1. The van der Waals surface area contributed by atoms with Crippen molar-refractivity contribution in [3.05, 3.63) is 0 Å². The summed E-state index contributed by atoms with van der Waals surface area (Å²) in [5.74, 6) is 0.665. The molecule has 0 unspecified atom stereocenters. The molecule has 1 amide bonds. The van der Waals surface area contributed by atoms with Crippen molar-refractivity contribution < 1.29 is 9.35 Å². The minimum absolute atomic E-state index is 0.0158. The Hall–Kier alpha value is -0.220. The van der Waals surface area contributed by atoms with Gasteiger partial charge >= 0.3 is 0 Å². The molecule has 0 radical (unpaired) electrons. The molecule has 4 heteroatoms. The average molecular weight is 149 g/mol. The number of carbonyl (C=O) groups is 1. The first-order chi connectivity index (χ1) is 4.27. The molecule has 2 N–H and O–H groups in total. The van der Waals surface area contributed by atoms with Crippen molar-refractivity contribution in [2.45, 2.75) is 13.3 Å². The molecule has 3 nitrogen and oxygen atoms in total. The molecule has 0 fully saturated rings. The zero-order chi connectivity index (χ0) is 7.11. The molecule has 0 saturated carbocycles. The quantitative estimate of drug-likeness (QED) is 0.457. The summed E-state index contributed by atoms with van der Waals surface area (Å²) in [4.78, 5) is 10.2. The Kier molecular flexibility index (Phi) is 5.76. The SMILES string of the molecule is CC(=O)NCCCSO. The van der Waals surface area contributed by atoms with Crippen molar-refractivity contribution in [1.82, 2.24) is 5.32 Å². The van der Waals surface area contributed by atoms with Crippen LogP contribution in [0.1, 0.15) is 13.3 Å². The largest absolute Gasteiger partial charge is 0.356 e. The molecule has 0 aromatic carbocycles. The van der Waals surface area contributed by atoms with Crippen LogP contribution in [0.2, 0.25) is 0 Å². The Morgan fingerprint density at radius 1 is 1.78 bits per heavy atom. The summed E-state index contributed by atoms with van der Waals surface area (Å²) < 4.78 is 8.24. The van der Waals surface area contributed by atoms with Gasteiger partial charge in [0.2, 0.25) is 5.91 Å². The van der Waals surface area contributed by atoms with E-state index in [1.807, 2.05) is 0 Å². The number of carbonyl (C=O) groups excluding carboxylic acids is 1. The first-order valence-corrected chi connectivity index (χ1v) is 3.72. The Labute approximate surface area is 59.0 Å². The fourth-order valence-corrected chi connectivity index (χ4v) is 0.675. The van der Waals surface area contributed by atoms with Crippen molar-refractivity contribution in [1.29, 1.82) is 0 Å². The minimum Gasteiger partial charge on any atom is -0.356 e. The van der Waals surface area contributed by atoms with Crippen LogP contribution in [0, 0.1) is 0 Å². The van der Waals surface area contributed by atoms with E-state index in [2.05, 4.69) is 5.32 Å². The lowest BCUT2D eigenvalue weighted by atomic mass is 10.5. The standard InChI is InChI=1S/C5H11NO2S/c1-5(7)6-3-2-4-9-8/h8H,2-4H2,1H3,(H,6,7). The van der Waals surface area contributed by atoms with Crippen molar-refractivity contribution >= 4 is 17.9 Å². The molecule has 0 aromatic heterocycles. The van der Waals surface area contributed by atoms with Gasteiger partial charge in [0.15, 0.2) is 0 Å². The number of rotatable bonds is 4. The molecule has 0 saturated heterocycles. The van der Waals surface area contributed by atoms with Gasteiger partial charge in [0.1, 0.15) is 0 Å². The molecule has 0 aliphatic carbocycles. The maximum absolute atomic E-state index is 10.2. The lowest BCUT2D eigenvalue weighted by molar-refractivity contribution is -0.118. The normalized spacial score (nSPS) is 9.11. The minimum atomic E-state index is -0.0158. The Balaban J connectivity index is 2.83. The summed E-state index contributed by atoms with van der Waals surface area (Å²) in [6.45, 7) is 2.13. The topological polar surface area (TPSA) is 49.3 Å². The van der Waals surface area contributed by atoms with Gasteiger partial charge in [-0.2, -0.15) is 0 Å². The summed E-state index contributed by atoms with van der Waals surface area (Å²) in [5, 5.41) is 2.62. The van der Waals surface area contributed by atoms with Crippen molar-refractivity contribution in [2.75, 3.05) is 12.3 Å². The van der Waals surface area contributed by atoms with Gasteiger partial charge in [-0.25, -0.2) is 0 Å². The second-order valence-corrected chi connectivity index (χ2v) is 2.34. The molecule has 0 aliphatic heterocycles. The van der Waals surface area contributed by atoms with Gasteiger partial charge in [0.05, 0.1) is 0 Å². The Bertz CT molecular complexity index is 87.0. The third kappa shape index (κ3) is 7.78. The Morgan fingerprint density at radius 2 is 2.44 bits per heavy atom. The lowest BCUT2D eigenvalue weighted by Gasteiger charge is -1.97. The van der Waals surface area contributed by atoms with Crippen LogP contribution in [0.25, 0.3) is 0 Å². The molecule has 0 heterocycles. The van der Waals surface area contributed by atoms with Crippen molar-refractivity contribution in [3.8, 4) is 0 Å². The van der Waals surface area contributed by atoms with E-state index < -0.39 is 0 Å². The molecule has 0 atom stereocenters. The predicted octanol–water partition coefficient (Wildman–Crippen LogP) is 0.719. The smallest absolute Gasteiger partial charge is 0.216 e. The molecule has 0 aliphatic rings. The molecule has 54 valence electrons. The molecule has 0 rings (SSSR count). The van der Waals surface area contributed by atoms with E-state index in [0.717, 1.165) is 18.5 Å². The molecule has 0 spiro atoms. The van der Waals surface area contributed by atoms with E-state index in [1.165, 1.54) is 6.92 Å². The van der Waals surface area contributed by atoms with Gasteiger partial charge in [0, 0.05) is 19.2 Å². The van der Waals surface area contributed by atoms with Gasteiger partial charge in [-0.3, -0.25) is 4.79 Å². The van der Waals surface area contributed by atoms with Crippen LogP contribution in [0.4, 0.5) is 0 Å². The third-order valence-electron chi connectivity index (χ3n) is 0.786. The van der Waals surface area contributed by atoms with E-state index in [1.54, 1.807) is 0 Å². The van der Waals surface area contributed by atoms with E-state index in [-0.39, 0.29) is 5.91 Å². The van der Waals surface area contributed by atoms with Crippen LogP contribution in [0.15, 0.2) is 0 Å². The second-order valence-electron chi connectivity index (χ2n) is 1.67. The zero-order valence-corrected chi connectivity index (χ0v) is 6.20. The fourth-order valence-electron chi connectivity index (χ4n) is 0.401. The number of amides is 1. The summed E-state index contributed by atoms with van der Waals surface area (Å²) in [5.41, 5.74) is 0. The van der Waals surface area contributed by atoms with E-state index in [4.69, 9.17) is 4.55 Å². The van der Waals surface area contributed by atoms with Gasteiger partial charge < -0.3 is 9.87 Å². The average Bonchev–Trinajstić information content (AvgIpc) is 1.80.